The van der Waals surface area contributed by atoms with Gasteiger partial charge in [0.05, 0.1) is 16.9 Å². The predicted molar refractivity (Wildman–Crippen MR) is 104 cm³/mol. The number of aromatic amines is 1. The number of hydrogen-bond acceptors (Lipinski definition) is 4. The Balaban J connectivity index is 1.63. The molecule has 0 amide bonds. The zero-order valence-corrected chi connectivity index (χ0v) is 14.9. The molecular weight excluding hydrogens is 324 g/mol. The summed E-state index contributed by atoms with van der Waals surface area (Å²) in [6.07, 6.45) is 0. The van der Waals surface area contributed by atoms with Crippen molar-refractivity contribution in [3.63, 3.8) is 0 Å². The number of nitrogens with two attached hydrogens (primary N) is 1. The van der Waals surface area contributed by atoms with Gasteiger partial charge in [-0.1, -0.05) is 42.5 Å². The Bertz CT molecular complexity index is 953. The third-order valence-electron chi connectivity index (χ3n) is 5.57. The summed E-state index contributed by atoms with van der Waals surface area (Å²) in [4.78, 5) is 22.4. The third kappa shape index (κ3) is 3.04. The molecule has 5 heteroatoms. The summed E-state index contributed by atoms with van der Waals surface area (Å²) in [5, 5.41) is 0.631. The van der Waals surface area contributed by atoms with Crippen molar-refractivity contribution in [3.05, 3.63) is 76.3 Å². The van der Waals surface area contributed by atoms with Gasteiger partial charge in [-0.05, 0) is 37.1 Å². The first-order chi connectivity index (χ1) is 12.7. The number of rotatable bonds is 4. The maximum Gasteiger partial charge on any atom is 0.258 e. The Hall–Kier alpha value is -2.50. The Labute approximate surface area is 152 Å². The molecule has 1 fully saturated rings. The van der Waals surface area contributed by atoms with E-state index in [0.717, 1.165) is 24.4 Å². The molecule has 0 aliphatic carbocycles. The molecule has 3 N–H and O–H groups in total. The molecule has 134 valence electrons. The lowest BCUT2D eigenvalue weighted by Gasteiger charge is -2.23. The second-order valence-corrected chi connectivity index (χ2v) is 7.11. The summed E-state index contributed by atoms with van der Waals surface area (Å²) in [5.74, 6) is 1.54. The first kappa shape index (κ1) is 16.9. The van der Waals surface area contributed by atoms with Crippen LogP contribution in [0.2, 0.25) is 0 Å². The number of benzene rings is 2. The van der Waals surface area contributed by atoms with Gasteiger partial charge in [-0.3, -0.25) is 9.69 Å². The van der Waals surface area contributed by atoms with E-state index in [4.69, 9.17) is 10.7 Å². The second kappa shape index (κ2) is 7.02. The zero-order chi connectivity index (χ0) is 18.1. The molecule has 4 rings (SSSR count). The van der Waals surface area contributed by atoms with E-state index in [0.29, 0.717) is 23.8 Å². The highest BCUT2D eigenvalue weighted by molar-refractivity contribution is 5.77. The lowest BCUT2D eigenvalue weighted by atomic mass is 9.89. The molecule has 5 nitrogen and oxygen atoms in total. The van der Waals surface area contributed by atoms with Crippen molar-refractivity contribution in [1.82, 2.24) is 14.9 Å². The number of H-pyrrole nitrogens is 1. The summed E-state index contributed by atoms with van der Waals surface area (Å²) in [5.41, 5.74) is 8.06. The summed E-state index contributed by atoms with van der Waals surface area (Å²) < 4.78 is 0. The molecule has 0 radical (unpaired) electrons. The number of para-hydroxylation sites is 1. The molecule has 1 aromatic heterocycles. The Morgan fingerprint density at radius 1 is 1.15 bits per heavy atom. The van der Waals surface area contributed by atoms with E-state index in [1.807, 2.05) is 24.3 Å². The van der Waals surface area contributed by atoms with E-state index < -0.39 is 0 Å². The number of nitrogens with one attached hydrogen (secondary N) is 1. The van der Waals surface area contributed by atoms with Crippen molar-refractivity contribution >= 4 is 10.9 Å². The topological polar surface area (TPSA) is 75.0 Å². The molecule has 0 saturated carbocycles. The Morgan fingerprint density at radius 2 is 1.88 bits per heavy atom. The Morgan fingerprint density at radius 3 is 2.65 bits per heavy atom. The van der Waals surface area contributed by atoms with Crippen LogP contribution in [0.5, 0.6) is 0 Å². The van der Waals surface area contributed by atoms with Crippen molar-refractivity contribution in [2.45, 2.75) is 18.9 Å². The van der Waals surface area contributed by atoms with Gasteiger partial charge in [0.25, 0.3) is 5.56 Å². The minimum atomic E-state index is -0.0772. The second-order valence-electron chi connectivity index (χ2n) is 7.11. The molecule has 3 atom stereocenters. The van der Waals surface area contributed by atoms with Gasteiger partial charge in [0, 0.05) is 19.0 Å². The maximum absolute atomic E-state index is 12.4. The van der Waals surface area contributed by atoms with Crippen LogP contribution in [0, 0.1) is 5.92 Å². The zero-order valence-electron chi connectivity index (χ0n) is 14.9. The average Bonchev–Trinajstić information content (AvgIpc) is 3.12. The van der Waals surface area contributed by atoms with Crippen molar-refractivity contribution in [2.75, 3.05) is 19.6 Å². The van der Waals surface area contributed by atoms with Crippen LogP contribution in [0.4, 0.5) is 0 Å². The van der Waals surface area contributed by atoms with E-state index in [2.05, 4.69) is 41.1 Å². The highest BCUT2D eigenvalue weighted by Crippen LogP contribution is 2.35. The largest absolute Gasteiger partial charge is 0.330 e. The van der Waals surface area contributed by atoms with Gasteiger partial charge in [0.2, 0.25) is 0 Å². The summed E-state index contributed by atoms with van der Waals surface area (Å²) in [6, 6.07) is 18.1. The van der Waals surface area contributed by atoms with Crippen LogP contribution >= 0.6 is 0 Å². The molecule has 0 bridgehead atoms. The van der Waals surface area contributed by atoms with Crippen LogP contribution in [0.3, 0.4) is 0 Å². The number of nitrogens with zero attached hydrogens (tertiary/aromatic N) is 2. The maximum atomic E-state index is 12.4. The van der Waals surface area contributed by atoms with E-state index in [-0.39, 0.29) is 11.6 Å². The van der Waals surface area contributed by atoms with Crippen LogP contribution in [0.15, 0.2) is 59.4 Å². The van der Waals surface area contributed by atoms with Crippen LogP contribution in [-0.2, 0) is 0 Å². The quantitative estimate of drug-likeness (QED) is 0.760. The van der Waals surface area contributed by atoms with Gasteiger partial charge in [-0.2, -0.15) is 0 Å². The first-order valence-electron chi connectivity index (χ1n) is 9.15. The summed E-state index contributed by atoms with van der Waals surface area (Å²) in [6.45, 7) is 4.59. The molecular formula is C21H24N4O. The van der Waals surface area contributed by atoms with Crippen molar-refractivity contribution in [1.29, 1.82) is 0 Å². The molecule has 1 unspecified atom stereocenters. The summed E-state index contributed by atoms with van der Waals surface area (Å²) in [7, 11) is 0. The monoisotopic (exact) mass is 348 g/mol. The number of fused-ring (bicyclic) bond motifs is 1. The first-order valence-corrected chi connectivity index (χ1v) is 9.15. The molecule has 1 aliphatic rings. The van der Waals surface area contributed by atoms with E-state index in [1.165, 1.54) is 5.56 Å². The minimum Gasteiger partial charge on any atom is -0.330 e. The predicted octanol–water partition coefficient (Wildman–Crippen LogP) is 2.66. The lowest BCUT2D eigenvalue weighted by Crippen LogP contribution is -2.29. The third-order valence-corrected chi connectivity index (χ3v) is 5.57. The SMILES string of the molecule is CC(c1nc2ccccc2c(=O)[nH]1)N1C[C@@H](CN)[C@H](c2ccccc2)C1. The van der Waals surface area contributed by atoms with E-state index in [9.17, 15) is 4.79 Å². The Kier molecular flexibility index (Phi) is 4.57. The van der Waals surface area contributed by atoms with Gasteiger partial charge < -0.3 is 10.7 Å². The smallest absolute Gasteiger partial charge is 0.258 e. The summed E-state index contributed by atoms with van der Waals surface area (Å²) >= 11 is 0. The number of likely N-dealkylation sites (tertiary alicyclic amines) is 1. The minimum absolute atomic E-state index is 0.0371. The normalized spacial score (nSPS) is 21.9. The van der Waals surface area contributed by atoms with Gasteiger partial charge in [0.15, 0.2) is 0 Å². The number of hydrogen-bond donors (Lipinski definition) is 2. The molecule has 0 spiro atoms. The van der Waals surface area contributed by atoms with Gasteiger partial charge >= 0.3 is 0 Å². The van der Waals surface area contributed by atoms with Crippen LogP contribution in [0.1, 0.15) is 30.3 Å². The average molecular weight is 348 g/mol. The lowest BCUT2D eigenvalue weighted by molar-refractivity contribution is 0.243. The van der Waals surface area contributed by atoms with Crippen molar-refractivity contribution < 1.29 is 0 Å². The molecule has 26 heavy (non-hydrogen) atoms. The van der Waals surface area contributed by atoms with Gasteiger partial charge in [-0.15, -0.1) is 0 Å². The molecule has 1 saturated heterocycles. The fourth-order valence-corrected chi connectivity index (χ4v) is 4.01. The van der Waals surface area contributed by atoms with Gasteiger partial charge in [0.1, 0.15) is 5.82 Å². The van der Waals surface area contributed by atoms with E-state index in [1.54, 1.807) is 6.07 Å². The molecule has 3 aromatic rings. The fourth-order valence-electron chi connectivity index (χ4n) is 4.01. The van der Waals surface area contributed by atoms with Crippen molar-refractivity contribution in [3.8, 4) is 0 Å². The highest BCUT2D eigenvalue weighted by atomic mass is 16.1. The van der Waals surface area contributed by atoms with Crippen LogP contribution in [0.25, 0.3) is 10.9 Å². The van der Waals surface area contributed by atoms with Gasteiger partial charge in [-0.25, -0.2) is 4.98 Å². The van der Waals surface area contributed by atoms with Crippen LogP contribution in [-0.4, -0.2) is 34.5 Å². The molecule has 2 aromatic carbocycles. The highest BCUT2D eigenvalue weighted by Gasteiger charge is 2.36. The van der Waals surface area contributed by atoms with Crippen molar-refractivity contribution in [2.24, 2.45) is 11.7 Å². The van der Waals surface area contributed by atoms with E-state index >= 15 is 0 Å². The number of aromatic nitrogens is 2. The molecule has 1 aliphatic heterocycles. The van der Waals surface area contributed by atoms with Crippen LogP contribution < -0.4 is 11.3 Å². The fraction of sp³-hybridized carbons (Fsp3) is 0.333. The molecule has 2 heterocycles. The standard InChI is InChI=1S/C21H24N4O/c1-14(20-23-19-10-6-5-9-17(19)21(26)24-20)25-12-16(11-22)18(13-25)15-7-3-2-4-8-15/h2-10,14,16,18H,11-13,22H2,1H3,(H,23,24,26)/t14?,16-,18+/m1/s1.